The quantitative estimate of drug-likeness (QED) is 0.305. The number of amides is 3. The summed E-state index contributed by atoms with van der Waals surface area (Å²) >= 11 is 0. The molecule has 0 spiro atoms. The highest BCUT2D eigenvalue weighted by molar-refractivity contribution is 6.00. The van der Waals surface area contributed by atoms with Crippen molar-refractivity contribution < 1.29 is 19.1 Å². The van der Waals surface area contributed by atoms with Gasteiger partial charge in [0.2, 0.25) is 5.91 Å². The van der Waals surface area contributed by atoms with Gasteiger partial charge in [0.05, 0.1) is 0 Å². The predicted octanol–water partition coefficient (Wildman–Crippen LogP) is 6.92. The first-order chi connectivity index (χ1) is 18.8. The summed E-state index contributed by atoms with van der Waals surface area (Å²) in [6, 6.07) is 17.7. The Kier molecular flexibility index (Phi) is 9.96. The van der Waals surface area contributed by atoms with Crippen LogP contribution in [0.2, 0.25) is 0 Å². The van der Waals surface area contributed by atoms with Crippen molar-refractivity contribution >= 4 is 34.4 Å². The minimum absolute atomic E-state index is 0.234. The fraction of sp³-hybridized carbons (Fsp3) is 0.424. The molecule has 3 rings (SSSR count). The van der Waals surface area contributed by atoms with E-state index >= 15 is 0 Å². The van der Waals surface area contributed by atoms with E-state index < -0.39 is 23.8 Å². The first kappa shape index (κ1) is 30.7. The predicted molar refractivity (Wildman–Crippen MR) is 161 cm³/mol. The third-order valence-corrected chi connectivity index (χ3v) is 6.87. The summed E-state index contributed by atoms with van der Waals surface area (Å²) in [5, 5.41) is 7.91. The van der Waals surface area contributed by atoms with Crippen molar-refractivity contribution in [3.63, 3.8) is 0 Å². The van der Waals surface area contributed by atoms with Gasteiger partial charge in [-0.15, -0.1) is 0 Å². The van der Waals surface area contributed by atoms with Crippen LogP contribution >= 0.6 is 0 Å². The van der Waals surface area contributed by atoms with Gasteiger partial charge in [0.25, 0.3) is 5.91 Å². The third-order valence-electron chi connectivity index (χ3n) is 6.87. The zero-order chi connectivity index (χ0) is 29.6. The Balaban J connectivity index is 2.04. The standard InChI is InChI=1S/C33H43N3O4/c1-9-19-36(31(38)28(21(2)3)35-32(39)40-33(6,7)8)29(27-16-12-13-22(4)23(27)5)30(37)34-26-18-17-24-14-10-11-15-25(24)20-26/h10-18,20-21,28-29H,9,19H2,1-8H3,(H,34,37)(H,35,39). The molecule has 0 radical (unpaired) electrons. The molecule has 0 fully saturated rings. The molecule has 0 aliphatic carbocycles. The van der Waals surface area contributed by atoms with Crippen molar-refractivity contribution in [1.29, 1.82) is 0 Å². The van der Waals surface area contributed by atoms with Crippen molar-refractivity contribution in [3.8, 4) is 0 Å². The average Bonchev–Trinajstić information content (AvgIpc) is 2.87. The molecule has 0 saturated carbocycles. The van der Waals surface area contributed by atoms with Crippen molar-refractivity contribution in [2.75, 3.05) is 11.9 Å². The van der Waals surface area contributed by atoms with E-state index in [2.05, 4.69) is 10.6 Å². The zero-order valence-corrected chi connectivity index (χ0v) is 25.0. The number of carbonyl (C=O) groups excluding carboxylic acids is 3. The number of hydrogen-bond acceptors (Lipinski definition) is 4. The molecule has 2 N–H and O–H groups in total. The number of nitrogens with one attached hydrogen (secondary N) is 2. The molecule has 214 valence electrons. The third kappa shape index (κ3) is 7.62. The van der Waals surface area contributed by atoms with Gasteiger partial charge in [-0.3, -0.25) is 9.59 Å². The summed E-state index contributed by atoms with van der Waals surface area (Å²) in [5.41, 5.74) is 2.65. The molecular weight excluding hydrogens is 502 g/mol. The lowest BCUT2D eigenvalue weighted by molar-refractivity contribution is -0.141. The monoisotopic (exact) mass is 545 g/mol. The molecule has 7 nitrogen and oxygen atoms in total. The van der Waals surface area contributed by atoms with Gasteiger partial charge in [-0.25, -0.2) is 4.79 Å². The lowest BCUT2D eigenvalue weighted by Crippen LogP contribution is -2.54. The molecule has 0 aliphatic rings. The summed E-state index contributed by atoms with van der Waals surface area (Å²) in [7, 11) is 0. The molecule has 40 heavy (non-hydrogen) atoms. The van der Waals surface area contributed by atoms with Crippen LogP contribution in [0, 0.1) is 19.8 Å². The highest BCUT2D eigenvalue weighted by Crippen LogP contribution is 2.30. The van der Waals surface area contributed by atoms with Crippen LogP contribution in [0.15, 0.2) is 60.7 Å². The van der Waals surface area contributed by atoms with Crippen LogP contribution in [-0.2, 0) is 14.3 Å². The molecule has 0 aliphatic heterocycles. The van der Waals surface area contributed by atoms with Crippen molar-refractivity contribution in [3.05, 3.63) is 77.4 Å². The summed E-state index contributed by atoms with van der Waals surface area (Å²) in [6.07, 6.45) is -0.0342. The first-order valence-corrected chi connectivity index (χ1v) is 14.0. The van der Waals surface area contributed by atoms with Crippen molar-refractivity contribution in [2.24, 2.45) is 5.92 Å². The number of fused-ring (bicyclic) bond motifs is 1. The van der Waals surface area contributed by atoms with E-state index in [-0.39, 0.29) is 17.7 Å². The van der Waals surface area contributed by atoms with Gasteiger partial charge in [-0.2, -0.15) is 0 Å². The number of alkyl carbamates (subject to hydrolysis) is 1. The molecule has 0 heterocycles. The van der Waals surface area contributed by atoms with Gasteiger partial charge < -0.3 is 20.3 Å². The maximum atomic E-state index is 14.2. The maximum absolute atomic E-state index is 14.2. The van der Waals surface area contributed by atoms with E-state index in [1.807, 2.05) is 95.3 Å². The highest BCUT2D eigenvalue weighted by atomic mass is 16.6. The molecule has 2 unspecified atom stereocenters. The number of anilines is 1. The maximum Gasteiger partial charge on any atom is 0.408 e. The molecule has 0 bridgehead atoms. The summed E-state index contributed by atoms with van der Waals surface area (Å²) in [6.45, 7) is 15.3. The smallest absolute Gasteiger partial charge is 0.408 e. The summed E-state index contributed by atoms with van der Waals surface area (Å²) < 4.78 is 5.45. The number of rotatable bonds is 9. The van der Waals surface area contributed by atoms with Crippen LogP contribution in [-0.4, -0.2) is 41.0 Å². The number of benzene rings is 3. The van der Waals surface area contributed by atoms with Crippen LogP contribution < -0.4 is 10.6 Å². The van der Waals surface area contributed by atoms with Gasteiger partial charge in [0, 0.05) is 12.2 Å². The molecule has 7 heteroatoms. The van der Waals surface area contributed by atoms with E-state index in [1.54, 1.807) is 25.7 Å². The largest absolute Gasteiger partial charge is 0.444 e. The van der Waals surface area contributed by atoms with Crippen LogP contribution in [0.5, 0.6) is 0 Å². The van der Waals surface area contributed by atoms with Gasteiger partial charge in [0.15, 0.2) is 0 Å². The molecule has 0 aromatic heterocycles. The van der Waals surface area contributed by atoms with Gasteiger partial charge in [-0.1, -0.05) is 69.3 Å². The second-order valence-electron chi connectivity index (χ2n) is 11.6. The Morgan fingerprint density at radius 3 is 2.23 bits per heavy atom. The van der Waals surface area contributed by atoms with Gasteiger partial charge >= 0.3 is 6.09 Å². The Morgan fingerprint density at radius 2 is 1.60 bits per heavy atom. The van der Waals surface area contributed by atoms with E-state index in [0.717, 1.165) is 27.5 Å². The Bertz CT molecular complexity index is 1360. The van der Waals surface area contributed by atoms with Crippen LogP contribution in [0.1, 0.15) is 70.7 Å². The Labute approximate surface area is 238 Å². The minimum Gasteiger partial charge on any atom is -0.444 e. The fourth-order valence-corrected chi connectivity index (χ4v) is 4.73. The number of hydrogen-bond donors (Lipinski definition) is 2. The van der Waals surface area contributed by atoms with E-state index in [1.165, 1.54) is 0 Å². The minimum atomic E-state index is -0.902. The normalized spacial score (nSPS) is 13.0. The second-order valence-corrected chi connectivity index (χ2v) is 11.6. The average molecular weight is 546 g/mol. The summed E-state index contributed by atoms with van der Waals surface area (Å²) in [4.78, 5) is 42.6. The summed E-state index contributed by atoms with van der Waals surface area (Å²) in [5.74, 6) is -0.880. The van der Waals surface area contributed by atoms with Gasteiger partial charge in [-0.05, 0) is 86.6 Å². The van der Waals surface area contributed by atoms with Crippen LogP contribution in [0.4, 0.5) is 10.5 Å². The van der Waals surface area contributed by atoms with E-state index in [4.69, 9.17) is 4.74 Å². The topological polar surface area (TPSA) is 87.7 Å². The number of ether oxygens (including phenoxy) is 1. The molecule has 3 amide bonds. The second kappa shape index (κ2) is 13.0. The van der Waals surface area contributed by atoms with E-state index in [0.29, 0.717) is 18.7 Å². The van der Waals surface area contributed by atoms with Crippen LogP contribution in [0.3, 0.4) is 0 Å². The Morgan fingerprint density at radius 1 is 0.925 bits per heavy atom. The van der Waals surface area contributed by atoms with Crippen molar-refractivity contribution in [1.82, 2.24) is 10.2 Å². The molecular formula is C33H43N3O4. The highest BCUT2D eigenvalue weighted by Gasteiger charge is 2.38. The lowest BCUT2D eigenvalue weighted by atomic mass is 9.93. The van der Waals surface area contributed by atoms with Crippen LogP contribution in [0.25, 0.3) is 10.8 Å². The number of nitrogens with zero attached hydrogens (tertiary/aromatic N) is 1. The molecule has 2 atom stereocenters. The SMILES string of the molecule is CCCN(C(=O)C(NC(=O)OC(C)(C)C)C(C)C)C(C(=O)Nc1ccc2ccccc2c1)c1cccc(C)c1C. The molecule has 0 saturated heterocycles. The number of aryl methyl sites for hydroxylation is 1. The molecule has 3 aromatic rings. The Hall–Kier alpha value is -3.87. The van der Waals surface area contributed by atoms with E-state index in [9.17, 15) is 14.4 Å². The number of carbonyl (C=O) groups is 3. The fourth-order valence-electron chi connectivity index (χ4n) is 4.73. The van der Waals surface area contributed by atoms with Gasteiger partial charge in [0.1, 0.15) is 17.7 Å². The lowest BCUT2D eigenvalue weighted by Gasteiger charge is -2.36. The first-order valence-electron chi connectivity index (χ1n) is 14.0. The zero-order valence-electron chi connectivity index (χ0n) is 25.0. The molecule has 3 aromatic carbocycles. The van der Waals surface area contributed by atoms with Crippen molar-refractivity contribution in [2.45, 2.75) is 79.5 Å².